The molecule has 0 aliphatic carbocycles. The fraction of sp³-hybridized carbons (Fsp3) is 0.368. The van der Waals surface area contributed by atoms with Crippen molar-refractivity contribution in [2.45, 2.75) is 46.1 Å². The van der Waals surface area contributed by atoms with Crippen LogP contribution in [-0.4, -0.2) is 16.9 Å². The number of nitrogens with one attached hydrogen (secondary N) is 2. The van der Waals surface area contributed by atoms with Gasteiger partial charge in [0.05, 0.1) is 0 Å². The molecule has 2 N–H and O–H groups in total. The van der Waals surface area contributed by atoms with Crippen LogP contribution in [0.1, 0.15) is 50.7 Å². The molecule has 4 heteroatoms. The molecule has 23 heavy (non-hydrogen) atoms. The van der Waals surface area contributed by atoms with Crippen LogP contribution >= 0.6 is 0 Å². The monoisotopic (exact) mass is 311 g/mol. The molecule has 2 aromatic rings. The maximum atomic E-state index is 12.1. The van der Waals surface area contributed by atoms with Gasteiger partial charge in [0.2, 0.25) is 0 Å². The largest absolute Gasteiger partial charge is 0.355 e. The lowest BCUT2D eigenvalue weighted by Crippen LogP contribution is -2.30. The topological polar surface area (TPSA) is 54.0 Å². The number of amides is 1. The summed E-state index contributed by atoms with van der Waals surface area (Å²) in [5, 5.41) is 6.26. The summed E-state index contributed by atoms with van der Waals surface area (Å²) in [5.41, 5.74) is 3.57. The number of carbonyl (C=O) groups is 1. The van der Waals surface area contributed by atoms with Gasteiger partial charge in [-0.2, -0.15) is 0 Å². The van der Waals surface area contributed by atoms with Gasteiger partial charge >= 0.3 is 0 Å². The third kappa shape index (κ3) is 4.55. The number of hydrogen-bond donors (Lipinski definition) is 2. The van der Waals surface area contributed by atoms with E-state index >= 15 is 0 Å². The zero-order chi connectivity index (χ0) is 17.0. The number of rotatable bonds is 4. The van der Waals surface area contributed by atoms with Crippen LogP contribution in [0.2, 0.25) is 0 Å². The number of hydrogen-bond acceptors (Lipinski definition) is 3. The highest BCUT2D eigenvalue weighted by Gasteiger charge is 2.17. The number of anilines is 2. The Hall–Kier alpha value is -2.36. The van der Waals surface area contributed by atoms with E-state index < -0.39 is 0 Å². The molecule has 1 heterocycles. The first kappa shape index (κ1) is 17.0. The first-order chi connectivity index (χ1) is 10.8. The number of nitrogens with zero attached hydrogens (tertiary/aromatic N) is 1. The Kier molecular flexibility index (Phi) is 5.04. The molecule has 0 fully saturated rings. The molecule has 0 spiro atoms. The smallest absolute Gasteiger partial charge is 0.270 e. The Balaban J connectivity index is 2.27. The van der Waals surface area contributed by atoms with Crippen molar-refractivity contribution < 1.29 is 4.79 Å². The average Bonchev–Trinajstić information content (AvgIpc) is 2.46. The molecular formula is C19H25N3O. The van der Waals surface area contributed by atoms with Crippen molar-refractivity contribution in [3.63, 3.8) is 0 Å². The molecule has 1 amide bonds. The normalized spacial score (nSPS) is 11.4. The maximum Gasteiger partial charge on any atom is 0.270 e. The highest BCUT2D eigenvalue weighted by atomic mass is 16.1. The summed E-state index contributed by atoms with van der Waals surface area (Å²) in [4.78, 5) is 16.2. The van der Waals surface area contributed by atoms with Gasteiger partial charge in [-0.05, 0) is 43.0 Å². The van der Waals surface area contributed by atoms with Crippen LogP contribution in [0.25, 0.3) is 0 Å². The van der Waals surface area contributed by atoms with Crippen molar-refractivity contribution in [2.24, 2.45) is 0 Å². The lowest BCUT2D eigenvalue weighted by Gasteiger charge is -2.23. The van der Waals surface area contributed by atoms with Gasteiger partial charge < -0.3 is 10.6 Å². The minimum Gasteiger partial charge on any atom is -0.355 e. The van der Waals surface area contributed by atoms with Crippen LogP contribution in [0, 0.1) is 0 Å². The molecule has 4 nitrogen and oxygen atoms in total. The van der Waals surface area contributed by atoms with Crippen molar-refractivity contribution in [1.82, 2.24) is 10.3 Å². The van der Waals surface area contributed by atoms with E-state index in [2.05, 4.69) is 48.5 Å². The summed E-state index contributed by atoms with van der Waals surface area (Å²) in [6.45, 7) is 10.4. The van der Waals surface area contributed by atoms with Gasteiger partial charge in [0.25, 0.3) is 5.91 Å². The predicted molar refractivity (Wildman–Crippen MR) is 95.3 cm³/mol. The van der Waals surface area contributed by atoms with Crippen molar-refractivity contribution in [3.05, 3.63) is 53.9 Å². The summed E-state index contributed by atoms with van der Waals surface area (Å²) in [5.74, 6) is -0.159. The van der Waals surface area contributed by atoms with Crippen LogP contribution in [0.4, 0.5) is 11.4 Å². The van der Waals surface area contributed by atoms with Crippen molar-refractivity contribution in [1.29, 1.82) is 0 Å². The van der Waals surface area contributed by atoms with Gasteiger partial charge in [0.1, 0.15) is 5.69 Å². The molecule has 0 radical (unpaired) electrons. The Morgan fingerprint density at radius 3 is 2.48 bits per heavy atom. The zero-order valence-corrected chi connectivity index (χ0v) is 14.5. The molecule has 1 aromatic carbocycles. The lowest BCUT2D eigenvalue weighted by molar-refractivity contribution is 0.0938. The van der Waals surface area contributed by atoms with Gasteiger partial charge in [-0.15, -0.1) is 0 Å². The third-order valence-corrected chi connectivity index (χ3v) is 3.43. The minimum absolute atomic E-state index is 0.0362. The molecule has 0 aliphatic rings. The first-order valence-corrected chi connectivity index (χ1v) is 7.91. The molecular weight excluding hydrogens is 286 g/mol. The number of aromatic nitrogens is 1. The highest BCUT2D eigenvalue weighted by Crippen LogP contribution is 2.31. The Labute approximate surface area is 138 Å². The van der Waals surface area contributed by atoms with E-state index in [4.69, 9.17) is 0 Å². The van der Waals surface area contributed by atoms with Crippen molar-refractivity contribution in [2.75, 3.05) is 5.32 Å². The first-order valence-electron chi connectivity index (χ1n) is 7.91. The van der Waals surface area contributed by atoms with Gasteiger partial charge in [-0.25, -0.2) is 0 Å². The van der Waals surface area contributed by atoms with E-state index in [0.29, 0.717) is 5.69 Å². The third-order valence-electron chi connectivity index (χ3n) is 3.43. The molecule has 122 valence electrons. The second kappa shape index (κ2) is 6.82. The van der Waals surface area contributed by atoms with E-state index in [9.17, 15) is 4.79 Å². The van der Waals surface area contributed by atoms with E-state index in [1.54, 1.807) is 12.3 Å². The molecule has 0 aliphatic heterocycles. The molecule has 0 atom stereocenters. The van der Waals surface area contributed by atoms with Crippen LogP contribution in [0.15, 0.2) is 42.6 Å². The highest BCUT2D eigenvalue weighted by molar-refractivity contribution is 5.93. The number of para-hydroxylation sites is 1. The fourth-order valence-electron chi connectivity index (χ4n) is 2.37. The number of benzene rings is 1. The Morgan fingerprint density at radius 1 is 1.13 bits per heavy atom. The van der Waals surface area contributed by atoms with Crippen LogP contribution in [0.3, 0.4) is 0 Å². The van der Waals surface area contributed by atoms with E-state index in [0.717, 1.165) is 11.4 Å². The Morgan fingerprint density at radius 2 is 1.83 bits per heavy atom. The number of carbonyl (C=O) groups excluding carboxylic acids is 1. The zero-order valence-electron chi connectivity index (χ0n) is 14.5. The Bertz CT molecular complexity index is 687. The average molecular weight is 311 g/mol. The van der Waals surface area contributed by atoms with Gasteiger partial charge in [-0.1, -0.05) is 39.0 Å². The molecule has 0 bridgehead atoms. The number of pyridine rings is 1. The molecule has 0 saturated carbocycles. The molecule has 0 unspecified atom stereocenters. The van der Waals surface area contributed by atoms with E-state index in [1.165, 1.54) is 5.56 Å². The SMILES string of the molecule is CC(C)NC(=O)c1cc(Nc2ccccc2C(C)(C)C)ccn1. The molecule has 1 aromatic heterocycles. The lowest BCUT2D eigenvalue weighted by atomic mass is 9.86. The van der Waals surface area contributed by atoms with Crippen molar-refractivity contribution >= 4 is 17.3 Å². The van der Waals surface area contributed by atoms with E-state index in [-0.39, 0.29) is 17.4 Å². The second-order valence-corrected chi connectivity index (χ2v) is 6.98. The second-order valence-electron chi connectivity index (χ2n) is 6.98. The van der Waals surface area contributed by atoms with E-state index in [1.807, 2.05) is 32.0 Å². The van der Waals surface area contributed by atoms with Crippen LogP contribution < -0.4 is 10.6 Å². The maximum absolute atomic E-state index is 12.1. The van der Waals surface area contributed by atoms with Crippen LogP contribution in [-0.2, 0) is 5.41 Å². The minimum atomic E-state index is -0.159. The summed E-state index contributed by atoms with van der Waals surface area (Å²) in [7, 11) is 0. The van der Waals surface area contributed by atoms with Crippen LogP contribution in [0.5, 0.6) is 0 Å². The standard InChI is InChI=1S/C19H25N3O/c1-13(2)21-18(23)17-12-14(10-11-20-17)22-16-9-7-6-8-15(16)19(3,4)5/h6-13H,1-5H3,(H,20,22)(H,21,23). The fourth-order valence-corrected chi connectivity index (χ4v) is 2.37. The predicted octanol–water partition coefficient (Wildman–Crippen LogP) is 4.26. The van der Waals surface area contributed by atoms with Gasteiger partial charge in [0, 0.05) is 23.6 Å². The summed E-state index contributed by atoms with van der Waals surface area (Å²) in [6.07, 6.45) is 1.65. The summed E-state index contributed by atoms with van der Waals surface area (Å²) < 4.78 is 0. The summed E-state index contributed by atoms with van der Waals surface area (Å²) >= 11 is 0. The molecule has 0 saturated heterocycles. The quantitative estimate of drug-likeness (QED) is 0.887. The van der Waals surface area contributed by atoms with Crippen molar-refractivity contribution in [3.8, 4) is 0 Å². The van der Waals surface area contributed by atoms with Gasteiger partial charge in [-0.3, -0.25) is 9.78 Å². The molecule has 2 rings (SSSR count). The van der Waals surface area contributed by atoms with Gasteiger partial charge in [0.15, 0.2) is 0 Å². The summed E-state index contributed by atoms with van der Waals surface area (Å²) in [6, 6.07) is 11.9.